The first kappa shape index (κ1) is 16.1. The molecule has 0 aliphatic heterocycles. The molecule has 6 heteroatoms. The second-order valence-corrected chi connectivity index (χ2v) is 6.51. The van der Waals surface area contributed by atoms with Gasteiger partial charge in [-0.3, -0.25) is 13.8 Å². The van der Waals surface area contributed by atoms with Crippen LogP contribution in [0.1, 0.15) is 34.6 Å². The van der Waals surface area contributed by atoms with E-state index in [1.165, 1.54) is 6.92 Å². The summed E-state index contributed by atoms with van der Waals surface area (Å²) in [5.74, 6) is -1.77. The molecule has 0 aliphatic carbocycles. The van der Waals surface area contributed by atoms with Gasteiger partial charge in [-0.1, -0.05) is 13.8 Å². The molecule has 0 heterocycles. The Balaban J connectivity index is 4.78. The van der Waals surface area contributed by atoms with Gasteiger partial charge in [0.2, 0.25) is 5.91 Å². The highest BCUT2D eigenvalue weighted by atomic mass is 32.2. The summed E-state index contributed by atoms with van der Waals surface area (Å²) in [5, 5.41) is 9.80. The molecular formula is C11H21NO4S. The Labute approximate surface area is 104 Å². The molecule has 0 radical (unpaired) electrons. The number of hydrogen-bond donors (Lipinski definition) is 2. The molecule has 0 bridgehead atoms. The number of amides is 1. The summed E-state index contributed by atoms with van der Waals surface area (Å²) in [7, 11) is -1.72. The lowest BCUT2D eigenvalue weighted by Crippen LogP contribution is -2.44. The van der Waals surface area contributed by atoms with Crippen molar-refractivity contribution in [1.29, 1.82) is 0 Å². The molecule has 0 aromatic carbocycles. The van der Waals surface area contributed by atoms with Crippen LogP contribution >= 0.6 is 0 Å². The smallest absolute Gasteiger partial charge is 0.319 e. The van der Waals surface area contributed by atoms with Gasteiger partial charge in [0.1, 0.15) is 10.5 Å². The summed E-state index contributed by atoms with van der Waals surface area (Å²) in [6, 6.07) is -0.0516. The predicted molar refractivity (Wildman–Crippen MR) is 67.1 cm³/mol. The zero-order valence-corrected chi connectivity index (χ0v) is 11.7. The van der Waals surface area contributed by atoms with Gasteiger partial charge in [0, 0.05) is 16.8 Å². The van der Waals surface area contributed by atoms with Crippen molar-refractivity contribution in [3.8, 4) is 0 Å². The molecule has 0 rings (SSSR count). The van der Waals surface area contributed by atoms with Gasteiger partial charge in [-0.15, -0.1) is 0 Å². The van der Waals surface area contributed by atoms with Crippen molar-refractivity contribution in [3.05, 3.63) is 0 Å². The third-order valence-electron chi connectivity index (χ3n) is 2.25. The lowest BCUT2D eigenvalue weighted by atomic mass is 10.1. The molecule has 3 atom stereocenters. The molecule has 0 aliphatic rings. The summed E-state index contributed by atoms with van der Waals surface area (Å²) in [6.45, 7) is 8.45. The average Bonchev–Trinajstić information content (AvgIpc) is 2.13. The van der Waals surface area contributed by atoms with Gasteiger partial charge in [-0.2, -0.15) is 0 Å². The summed E-state index contributed by atoms with van der Waals surface area (Å²) in [6.07, 6.45) is 0. The van der Waals surface area contributed by atoms with Crippen LogP contribution in [0.5, 0.6) is 0 Å². The highest BCUT2D eigenvalue weighted by Crippen LogP contribution is 2.14. The highest BCUT2D eigenvalue weighted by Gasteiger charge is 2.34. The number of carbonyl (C=O) groups excluding carboxylic acids is 1. The lowest BCUT2D eigenvalue weighted by Gasteiger charge is -2.20. The minimum absolute atomic E-state index is 0.0516. The molecule has 2 N–H and O–H groups in total. The van der Waals surface area contributed by atoms with Gasteiger partial charge >= 0.3 is 5.97 Å². The van der Waals surface area contributed by atoms with Crippen molar-refractivity contribution in [2.24, 2.45) is 5.92 Å². The van der Waals surface area contributed by atoms with E-state index < -0.39 is 27.3 Å². The van der Waals surface area contributed by atoms with Crippen LogP contribution in [0.15, 0.2) is 0 Å². The van der Waals surface area contributed by atoms with Crippen LogP contribution in [-0.4, -0.2) is 37.7 Å². The van der Waals surface area contributed by atoms with Crippen LogP contribution in [0.2, 0.25) is 0 Å². The number of hydrogen-bond acceptors (Lipinski definition) is 3. The fourth-order valence-corrected chi connectivity index (χ4v) is 2.83. The molecule has 0 spiro atoms. The molecular weight excluding hydrogens is 242 g/mol. The number of carboxylic acids is 1. The Morgan fingerprint density at radius 1 is 1.12 bits per heavy atom. The van der Waals surface area contributed by atoms with E-state index in [1.54, 1.807) is 27.7 Å². The molecule has 0 aromatic rings. The number of aliphatic carboxylic acids is 1. The Kier molecular flexibility index (Phi) is 6.37. The second-order valence-electron chi connectivity index (χ2n) is 4.64. The minimum Gasteiger partial charge on any atom is -0.480 e. The summed E-state index contributed by atoms with van der Waals surface area (Å²) < 4.78 is 12.0. The van der Waals surface area contributed by atoms with E-state index in [0.717, 1.165) is 0 Å². The van der Waals surface area contributed by atoms with Crippen LogP contribution in [-0.2, 0) is 20.4 Å². The molecule has 17 heavy (non-hydrogen) atoms. The van der Waals surface area contributed by atoms with Crippen LogP contribution in [0.25, 0.3) is 0 Å². The van der Waals surface area contributed by atoms with Gasteiger partial charge in [0.25, 0.3) is 0 Å². The molecule has 1 amide bonds. The first-order valence-corrected chi connectivity index (χ1v) is 6.88. The third-order valence-corrected chi connectivity index (χ3v) is 4.41. The second kappa shape index (κ2) is 6.74. The summed E-state index contributed by atoms with van der Waals surface area (Å²) in [5.41, 5.74) is 0. The molecule has 0 saturated carbocycles. The predicted octanol–water partition coefficient (Wildman–Crippen LogP) is 0.757. The van der Waals surface area contributed by atoms with Crippen molar-refractivity contribution in [1.82, 2.24) is 5.32 Å². The quantitative estimate of drug-likeness (QED) is 0.741. The van der Waals surface area contributed by atoms with Crippen molar-refractivity contribution >= 4 is 22.7 Å². The normalized spacial score (nSPS) is 16.6. The zero-order chi connectivity index (χ0) is 13.7. The van der Waals surface area contributed by atoms with E-state index in [4.69, 9.17) is 5.11 Å². The molecule has 5 nitrogen and oxygen atoms in total. The molecule has 3 unspecified atom stereocenters. The van der Waals surface area contributed by atoms with E-state index in [1.807, 2.05) is 0 Å². The first-order chi connectivity index (χ1) is 7.68. The third kappa shape index (κ3) is 4.85. The molecule has 0 fully saturated rings. The van der Waals surface area contributed by atoms with Gasteiger partial charge in [0.05, 0.1) is 0 Å². The Morgan fingerprint density at radius 2 is 1.59 bits per heavy atom. The molecule has 100 valence electrons. The van der Waals surface area contributed by atoms with Gasteiger partial charge < -0.3 is 10.4 Å². The fraction of sp³-hybridized carbons (Fsp3) is 0.818. The minimum atomic E-state index is -1.72. The number of carboxylic acid groups (broad SMARTS) is 1. The van der Waals surface area contributed by atoms with Crippen LogP contribution in [0, 0.1) is 5.92 Å². The maximum absolute atomic E-state index is 12.0. The van der Waals surface area contributed by atoms with Crippen molar-refractivity contribution in [2.45, 2.75) is 51.2 Å². The lowest BCUT2D eigenvalue weighted by molar-refractivity contribution is -0.137. The summed E-state index contributed by atoms with van der Waals surface area (Å²) in [4.78, 5) is 22.7. The zero-order valence-electron chi connectivity index (χ0n) is 10.9. The van der Waals surface area contributed by atoms with Crippen molar-refractivity contribution in [2.75, 3.05) is 0 Å². The van der Waals surface area contributed by atoms with E-state index in [0.29, 0.717) is 0 Å². The average molecular weight is 263 g/mol. The number of rotatable bonds is 6. The Hall–Kier alpha value is -0.910. The van der Waals surface area contributed by atoms with Crippen molar-refractivity contribution < 1.29 is 18.9 Å². The first-order valence-electron chi connectivity index (χ1n) is 5.61. The number of carbonyl (C=O) groups is 2. The van der Waals surface area contributed by atoms with Gasteiger partial charge in [0.15, 0.2) is 0 Å². The largest absolute Gasteiger partial charge is 0.480 e. The van der Waals surface area contributed by atoms with Gasteiger partial charge in [-0.05, 0) is 26.7 Å². The van der Waals surface area contributed by atoms with E-state index in [9.17, 15) is 13.8 Å². The van der Waals surface area contributed by atoms with Crippen molar-refractivity contribution in [3.63, 3.8) is 0 Å². The maximum atomic E-state index is 12.0. The SMILES string of the molecule is CC(C)NC(=O)C(C)S(=O)C(C(=O)O)C(C)C. The van der Waals surface area contributed by atoms with Gasteiger partial charge in [-0.25, -0.2) is 0 Å². The Bertz CT molecular complexity index is 315. The maximum Gasteiger partial charge on any atom is 0.319 e. The molecule has 0 saturated heterocycles. The standard InChI is InChI=1S/C11H21NO4S/c1-6(2)9(11(14)15)17(16)8(5)10(13)12-7(3)4/h6-9H,1-5H3,(H,12,13)(H,14,15). The Morgan fingerprint density at radius 3 is 1.88 bits per heavy atom. The van der Waals surface area contributed by atoms with Crippen LogP contribution in [0.4, 0.5) is 0 Å². The van der Waals surface area contributed by atoms with Crippen LogP contribution < -0.4 is 5.32 Å². The fourth-order valence-electron chi connectivity index (χ4n) is 1.38. The van der Waals surface area contributed by atoms with E-state index in [-0.39, 0.29) is 17.9 Å². The highest BCUT2D eigenvalue weighted by molar-refractivity contribution is 7.87. The van der Waals surface area contributed by atoms with Crippen LogP contribution in [0.3, 0.4) is 0 Å². The topological polar surface area (TPSA) is 83.5 Å². The monoisotopic (exact) mass is 263 g/mol. The number of nitrogens with one attached hydrogen (secondary N) is 1. The molecule has 0 aromatic heterocycles. The van der Waals surface area contributed by atoms with E-state index >= 15 is 0 Å². The summed E-state index contributed by atoms with van der Waals surface area (Å²) >= 11 is 0. The van der Waals surface area contributed by atoms with E-state index in [2.05, 4.69) is 5.32 Å².